The predicted molar refractivity (Wildman–Crippen MR) is 73.5 cm³/mol. The van der Waals surface area contributed by atoms with Crippen molar-refractivity contribution in [1.82, 2.24) is 0 Å². The van der Waals surface area contributed by atoms with E-state index in [1.807, 2.05) is 44.2 Å². The first-order valence-corrected chi connectivity index (χ1v) is 7.41. The van der Waals surface area contributed by atoms with Gasteiger partial charge in [0.2, 0.25) is 0 Å². The molecule has 3 saturated heterocycles. The van der Waals surface area contributed by atoms with Gasteiger partial charge in [-0.25, -0.2) is 0 Å². The van der Waals surface area contributed by atoms with Gasteiger partial charge in [-0.2, -0.15) is 0 Å². The highest BCUT2D eigenvalue weighted by atomic mass is 16.8. The Kier molecular flexibility index (Phi) is 3.28. The molecule has 3 aliphatic rings. The minimum Gasteiger partial charge on any atom is -0.368 e. The number of rotatable bonds is 3. The van der Waals surface area contributed by atoms with Crippen molar-refractivity contribution in [2.24, 2.45) is 0 Å². The van der Waals surface area contributed by atoms with Crippen LogP contribution in [-0.2, 0) is 30.3 Å². The van der Waals surface area contributed by atoms with Crippen molar-refractivity contribution in [3.63, 3.8) is 0 Å². The number of hydrogen-bond acceptors (Lipinski definition) is 5. The zero-order valence-electron chi connectivity index (χ0n) is 12.2. The first-order chi connectivity index (χ1) is 10.1. The van der Waals surface area contributed by atoms with Gasteiger partial charge in [-0.15, -0.1) is 0 Å². The number of hydrogen-bond donors (Lipinski definition) is 0. The van der Waals surface area contributed by atoms with Gasteiger partial charge >= 0.3 is 0 Å². The van der Waals surface area contributed by atoms with Crippen LogP contribution in [0.1, 0.15) is 19.4 Å². The van der Waals surface area contributed by atoms with Gasteiger partial charge in [0.05, 0.1) is 13.2 Å². The fourth-order valence-corrected chi connectivity index (χ4v) is 3.25. The van der Waals surface area contributed by atoms with E-state index in [2.05, 4.69) is 0 Å². The molecule has 3 fully saturated rings. The molecule has 0 radical (unpaired) electrons. The molecular formula is C16H20O5. The molecule has 1 aromatic carbocycles. The lowest BCUT2D eigenvalue weighted by Crippen LogP contribution is -2.53. The number of benzene rings is 1. The summed E-state index contributed by atoms with van der Waals surface area (Å²) in [5, 5.41) is 0. The Morgan fingerprint density at radius 3 is 2.71 bits per heavy atom. The van der Waals surface area contributed by atoms with E-state index in [9.17, 15) is 0 Å². The van der Waals surface area contributed by atoms with Crippen molar-refractivity contribution in [2.75, 3.05) is 6.61 Å². The van der Waals surface area contributed by atoms with Crippen LogP contribution in [0.2, 0.25) is 0 Å². The van der Waals surface area contributed by atoms with Crippen LogP contribution in [0.3, 0.4) is 0 Å². The standard InChI is InChI=1S/C16H20O5/c1-16(2)20-13-12(17-8-10-6-4-3-5-7-10)11-9-18-15(19-11)14(13)21-16/h3-7,11-15H,8-9H2,1-2H3/t11-,12-,13+,14+,15?/m1/s1. The van der Waals surface area contributed by atoms with E-state index in [0.29, 0.717) is 13.2 Å². The van der Waals surface area contributed by atoms with E-state index >= 15 is 0 Å². The van der Waals surface area contributed by atoms with Gasteiger partial charge in [-0.3, -0.25) is 0 Å². The maximum atomic E-state index is 6.10. The number of ether oxygens (including phenoxy) is 5. The third-order valence-electron chi connectivity index (χ3n) is 4.14. The summed E-state index contributed by atoms with van der Waals surface area (Å²) in [7, 11) is 0. The Morgan fingerprint density at radius 2 is 1.90 bits per heavy atom. The summed E-state index contributed by atoms with van der Waals surface area (Å²) in [5.74, 6) is -0.624. The SMILES string of the molecule is CC1(C)O[C@H]2[C@H](OCc3ccccc3)[C@H]3COC(O3)[C@H]2O1. The van der Waals surface area contributed by atoms with Gasteiger partial charge in [-0.05, 0) is 19.4 Å². The van der Waals surface area contributed by atoms with Gasteiger partial charge < -0.3 is 23.7 Å². The fourth-order valence-electron chi connectivity index (χ4n) is 3.25. The highest BCUT2D eigenvalue weighted by molar-refractivity contribution is 5.13. The second kappa shape index (κ2) is 5.04. The Morgan fingerprint density at radius 1 is 1.14 bits per heavy atom. The first-order valence-electron chi connectivity index (χ1n) is 7.41. The summed E-state index contributed by atoms with van der Waals surface area (Å²) in [6.07, 6.45) is -0.957. The summed E-state index contributed by atoms with van der Waals surface area (Å²) in [4.78, 5) is 0. The van der Waals surface area contributed by atoms with Crippen molar-refractivity contribution in [2.45, 2.75) is 56.9 Å². The van der Waals surface area contributed by atoms with Crippen LogP contribution in [0.4, 0.5) is 0 Å². The van der Waals surface area contributed by atoms with E-state index in [-0.39, 0.29) is 30.7 Å². The molecule has 114 valence electrons. The Labute approximate surface area is 124 Å². The first kappa shape index (κ1) is 13.7. The van der Waals surface area contributed by atoms with Crippen LogP contribution in [0, 0.1) is 0 Å². The molecule has 0 saturated carbocycles. The second-order valence-corrected chi connectivity index (χ2v) is 6.20. The van der Waals surface area contributed by atoms with Crippen molar-refractivity contribution in [1.29, 1.82) is 0 Å². The summed E-state index contributed by atoms with van der Waals surface area (Å²) in [5.41, 5.74) is 1.13. The van der Waals surface area contributed by atoms with Crippen LogP contribution in [0.5, 0.6) is 0 Å². The van der Waals surface area contributed by atoms with Crippen molar-refractivity contribution in [3.05, 3.63) is 35.9 Å². The monoisotopic (exact) mass is 292 g/mol. The van der Waals surface area contributed by atoms with Crippen LogP contribution in [-0.4, -0.2) is 43.1 Å². The molecule has 1 aromatic rings. The average Bonchev–Trinajstić information content (AvgIpc) is 3.03. The van der Waals surface area contributed by atoms with Crippen molar-refractivity contribution >= 4 is 0 Å². The van der Waals surface area contributed by atoms with Crippen LogP contribution in [0.15, 0.2) is 30.3 Å². The van der Waals surface area contributed by atoms with Gasteiger partial charge in [0.25, 0.3) is 0 Å². The summed E-state index contributed by atoms with van der Waals surface area (Å²) < 4.78 is 29.5. The molecule has 2 bridgehead atoms. The second-order valence-electron chi connectivity index (χ2n) is 6.20. The predicted octanol–water partition coefficient (Wildman–Crippen LogP) is 1.85. The molecule has 0 N–H and O–H groups in total. The average molecular weight is 292 g/mol. The normalized spacial score (nSPS) is 40.2. The number of fused-ring (bicyclic) bond motifs is 4. The molecule has 21 heavy (non-hydrogen) atoms. The van der Waals surface area contributed by atoms with Crippen molar-refractivity contribution in [3.8, 4) is 0 Å². The van der Waals surface area contributed by atoms with Gasteiger partial charge in [0.15, 0.2) is 12.1 Å². The smallest absolute Gasteiger partial charge is 0.187 e. The summed E-state index contributed by atoms with van der Waals surface area (Å²) in [6.45, 7) is 4.88. The Bertz CT molecular complexity index is 503. The van der Waals surface area contributed by atoms with Gasteiger partial charge in [0, 0.05) is 0 Å². The summed E-state index contributed by atoms with van der Waals surface area (Å²) in [6, 6.07) is 10.1. The minimum atomic E-state index is -0.624. The van der Waals surface area contributed by atoms with Crippen LogP contribution >= 0.6 is 0 Å². The quantitative estimate of drug-likeness (QED) is 0.851. The molecule has 3 aliphatic heterocycles. The Hall–Kier alpha value is -0.980. The molecule has 0 aromatic heterocycles. The molecule has 0 aliphatic carbocycles. The van der Waals surface area contributed by atoms with E-state index in [1.165, 1.54) is 0 Å². The highest BCUT2D eigenvalue weighted by Crippen LogP contribution is 2.41. The lowest BCUT2D eigenvalue weighted by molar-refractivity contribution is -0.208. The molecule has 5 heteroatoms. The highest BCUT2D eigenvalue weighted by Gasteiger charge is 2.59. The molecule has 3 heterocycles. The maximum Gasteiger partial charge on any atom is 0.187 e. The molecule has 0 spiro atoms. The van der Waals surface area contributed by atoms with Crippen molar-refractivity contribution < 1.29 is 23.7 Å². The molecular weight excluding hydrogens is 272 g/mol. The zero-order chi connectivity index (χ0) is 14.4. The van der Waals surface area contributed by atoms with Crippen LogP contribution < -0.4 is 0 Å². The Balaban J connectivity index is 1.50. The fraction of sp³-hybridized carbons (Fsp3) is 0.625. The van der Waals surface area contributed by atoms with Crippen LogP contribution in [0.25, 0.3) is 0 Å². The van der Waals surface area contributed by atoms with Gasteiger partial charge in [0.1, 0.15) is 24.4 Å². The molecule has 5 atom stereocenters. The molecule has 1 unspecified atom stereocenters. The lowest BCUT2D eigenvalue weighted by atomic mass is 10.0. The van der Waals surface area contributed by atoms with E-state index in [4.69, 9.17) is 23.7 Å². The minimum absolute atomic E-state index is 0.0857. The third kappa shape index (κ3) is 2.49. The van der Waals surface area contributed by atoms with E-state index in [0.717, 1.165) is 5.56 Å². The summed E-state index contributed by atoms with van der Waals surface area (Å²) >= 11 is 0. The van der Waals surface area contributed by atoms with E-state index in [1.54, 1.807) is 0 Å². The largest absolute Gasteiger partial charge is 0.368 e. The molecule has 0 amide bonds. The van der Waals surface area contributed by atoms with Gasteiger partial charge in [-0.1, -0.05) is 30.3 Å². The third-order valence-corrected chi connectivity index (χ3v) is 4.14. The molecule has 5 nitrogen and oxygen atoms in total. The zero-order valence-corrected chi connectivity index (χ0v) is 12.2. The molecule has 4 rings (SSSR count). The topological polar surface area (TPSA) is 46.2 Å². The maximum absolute atomic E-state index is 6.10. The van der Waals surface area contributed by atoms with E-state index < -0.39 is 5.79 Å². The lowest BCUT2D eigenvalue weighted by Gasteiger charge is -2.34.